The largest absolute Gasteiger partial charge is 0.465 e. The Balaban J connectivity index is 0.000000177. The highest BCUT2D eigenvalue weighted by Gasteiger charge is 2.52. The van der Waals surface area contributed by atoms with Crippen molar-refractivity contribution in [1.82, 2.24) is 9.80 Å². The molecule has 2 N–H and O–H groups in total. The van der Waals surface area contributed by atoms with E-state index in [1.165, 1.54) is 31.9 Å². The van der Waals surface area contributed by atoms with Crippen molar-refractivity contribution >= 4 is 80.9 Å². The highest BCUT2D eigenvalue weighted by molar-refractivity contribution is 9.11. The summed E-state index contributed by atoms with van der Waals surface area (Å²) in [6.07, 6.45) is 14.0. The van der Waals surface area contributed by atoms with Gasteiger partial charge in [0.25, 0.3) is 11.8 Å². The molecule has 74 heavy (non-hydrogen) atoms. The molecular formula is C58H74BBrN4O8S2. The molecule has 16 heteroatoms. The molecule has 2 aliphatic heterocycles. The third-order valence-electron chi connectivity index (χ3n) is 16.3. The van der Waals surface area contributed by atoms with Gasteiger partial charge in [-0.05, 0) is 187 Å². The average Bonchev–Trinajstić information content (AvgIpc) is 4.29. The summed E-state index contributed by atoms with van der Waals surface area (Å²) in [5, 5.41) is 16.5. The molecule has 2 aromatic heterocycles. The fourth-order valence-electron chi connectivity index (χ4n) is 11.1. The quantitative estimate of drug-likeness (QED) is 0.105. The van der Waals surface area contributed by atoms with E-state index in [9.17, 15) is 19.2 Å². The van der Waals surface area contributed by atoms with Crippen LogP contribution in [0.4, 0.5) is 0 Å². The van der Waals surface area contributed by atoms with Crippen LogP contribution < -0.4 is 0 Å². The van der Waals surface area contributed by atoms with Gasteiger partial charge in [-0.25, -0.2) is 14.6 Å². The third kappa shape index (κ3) is 13.0. The molecule has 4 aliphatic carbocycles. The summed E-state index contributed by atoms with van der Waals surface area (Å²) < 4.78 is 10.6. The van der Waals surface area contributed by atoms with Gasteiger partial charge >= 0.3 is 19.1 Å². The number of carbonyl (C=O) groups is 4. The molecule has 2 spiro atoms. The summed E-state index contributed by atoms with van der Waals surface area (Å²) in [6, 6.07) is 23.2. The molecule has 0 atom stereocenters. The molecule has 4 heterocycles. The second-order valence-corrected chi connectivity index (χ2v) is 26.9. The Labute approximate surface area is 454 Å². The number of ether oxygens (including phenoxy) is 2. The zero-order chi connectivity index (χ0) is 53.2. The summed E-state index contributed by atoms with van der Waals surface area (Å²) in [5.41, 5.74) is 4.19. The fourth-order valence-corrected chi connectivity index (χ4v) is 13.6. The van der Waals surface area contributed by atoms with Crippen LogP contribution in [0.25, 0.3) is 0 Å². The Kier molecular flexibility index (Phi) is 17.3. The van der Waals surface area contributed by atoms with Gasteiger partial charge in [0.1, 0.15) is 22.7 Å². The number of esters is 2. The predicted octanol–water partition coefficient (Wildman–Crippen LogP) is 11.9. The molecule has 10 rings (SSSR count). The van der Waals surface area contributed by atoms with E-state index < -0.39 is 18.4 Å². The number of aliphatic imine (C=N–C) groups is 2. The van der Waals surface area contributed by atoms with E-state index in [0.29, 0.717) is 59.8 Å². The number of hydrogen-bond donors (Lipinski definition) is 2. The average molecular weight is 1110 g/mol. The Bertz CT molecular complexity index is 2700. The van der Waals surface area contributed by atoms with Crippen molar-refractivity contribution in [2.45, 2.75) is 154 Å². The van der Waals surface area contributed by atoms with Gasteiger partial charge in [0.2, 0.25) is 0 Å². The SMILES string of the molecule is COC(=O)c1ccc(CCN2C(=O)C(c3ccc(Br)s3)=NC23CCC(C(C)(C)C)CC3)cc1.COC(=O)c1ccc(CCN2C(=O)C(c3ccc(C4CC4)s3)=NC23CCC(C(C)(C)C)CC3)cc1.OB(O)C1CC1. The van der Waals surface area contributed by atoms with E-state index in [4.69, 9.17) is 29.5 Å². The van der Waals surface area contributed by atoms with Gasteiger partial charge in [-0.1, -0.05) is 78.6 Å². The predicted molar refractivity (Wildman–Crippen MR) is 299 cm³/mol. The van der Waals surface area contributed by atoms with Gasteiger partial charge in [-0.2, -0.15) is 0 Å². The lowest BCUT2D eigenvalue weighted by Gasteiger charge is -2.45. The van der Waals surface area contributed by atoms with Crippen LogP contribution in [0.15, 0.2) is 86.6 Å². The highest BCUT2D eigenvalue weighted by Crippen LogP contribution is 2.50. The Morgan fingerprint density at radius 1 is 0.622 bits per heavy atom. The first-order valence-corrected chi connectivity index (χ1v) is 29.0. The van der Waals surface area contributed by atoms with Crippen LogP contribution in [0, 0.1) is 22.7 Å². The topological polar surface area (TPSA) is 158 Å². The van der Waals surface area contributed by atoms with Gasteiger partial charge in [-0.15, -0.1) is 22.7 Å². The van der Waals surface area contributed by atoms with Crippen LogP contribution in [0.5, 0.6) is 0 Å². The number of thiophene rings is 2. The summed E-state index contributed by atoms with van der Waals surface area (Å²) in [6.45, 7) is 15.1. The second-order valence-electron chi connectivity index (χ2n) is 23.3. The summed E-state index contributed by atoms with van der Waals surface area (Å²) >= 11 is 6.84. The van der Waals surface area contributed by atoms with Crippen molar-refractivity contribution < 1.29 is 38.7 Å². The normalized spacial score (nSPS) is 23.7. The van der Waals surface area contributed by atoms with E-state index in [-0.39, 0.29) is 40.4 Å². The Morgan fingerprint density at radius 3 is 1.35 bits per heavy atom. The van der Waals surface area contributed by atoms with Crippen LogP contribution in [0.2, 0.25) is 5.82 Å². The lowest BCUT2D eigenvalue weighted by Crippen LogP contribution is -2.50. The number of hydrogen-bond acceptors (Lipinski definition) is 12. The van der Waals surface area contributed by atoms with Crippen LogP contribution in [0.1, 0.15) is 171 Å². The molecule has 396 valence electrons. The molecular weight excluding hydrogens is 1040 g/mol. The first-order chi connectivity index (χ1) is 35.1. The Hall–Kier alpha value is -4.48. The Morgan fingerprint density at radius 2 is 1.03 bits per heavy atom. The molecule has 0 bridgehead atoms. The molecule has 4 fully saturated rings. The lowest BCUT2D eigenvalue weighted by molar-refractivity contribution is -0.130. The highest BCUT2D eigenvalue weighted by atomic mass is 79.9. The van der Waals surface area contributed by atoms with Crippen LogP contribution in [-0.2, 0) is 31.9 Å². The number of methoxy groups -OCH3 is 2. The number of carbonyl (C=O) groups excluding carboxylic acids is 4. The van der Waals surface area contributed by atoms with E-state index >= 15 is 0 Å². The van der Waals surface area contributed by atoms with E-state index in [0.717, 1.165) is 95.3 Å². The molecule has 2 aromatic carbocycles. The zero-order valence-corrected chi connectivity index (χ0v) is 47.7. The standard InChI is InChI=1S/C29H36N2O3S.C26H31BrN2O3S.C3H7BO2/c1-28(2,3)22-13-16-29(17-14-22)30-25(24-12-11-23(35-24)20-9-10-20)26(32)31(29)18-15-19-5-7-21(8-6-19)27(33)34-4;1-25(2,3)19-11-14-26(15-12-19)28-22(20-9-10-21(27)33-20)23(30)29(26)16-13-17-5-7-18(8-6-17)24(31)32-4;5-4(6)3-1-2-3/h5-8,11-12,20,22H,9-10,13-18H2,1-4H3;5-10,19H,11-16H2,1-4H3;3,5-6H,1-2H2. The summed E-state index contributed by atoms with van der Waals surface area (Å²) in [7, 11) is 1.74. The van der Waals surface area contributed by atoms with Crippen molar-refractivity contribution in [2.75, 3.05) is 27.3 Å². The van der Waals surface area contributed by atoms with Crippen LogP contribution in [-0.4, -0.2) is 101 Å². The van der Waals surface area contributed by atoms with Crippen LogP contribution >= 0.6 is 38.6 Å². The first-order valence-electron chi connectivity index (χ1n) is 26.5. The maximum Gasteiger partial charge on any atom is 0.454 e. The van der Waals surface area contributed by atoms with Gasteiger partial charge in [0, 0.05) is 18.0 Å². The smallest absolute Gasteiger partial charge is 0.454 e. The molecule has 0 radical (unpaired) electrons. The molecule has 4 saturated carbocycles. The second kappa shape index (κ2) is 23.0. The molecule has 12 nitrogen and oxygen atoms in total. The third-order valence-corrected chi connectivity index (χ3v) is 19.1. The fraction of sp³-hybridized carbons (Fsp3) is 0.552. The lowest BCUT2D eigenvalue weighted by atomic mass is 9.69. The van der Waals surface area contributed by atoms with Crippen LogP contribution in [0.3, 0.4) is 0 Å². The molecule has 0 saturated heterocycles. The van der Waals surface area contributed by atoms with Crippen molar-refractivity contribution in [1.29, 1.82) is 0 Å². The monoisotopic (exact) mass is 1110 g/mol. The van der Waals surface area contributed by atoms with E-state index in [2.05, 4.69) is 74.5 Å². The molecule has 2 amide bonds. The minimum absolute atomic E-state index is 0.0322. The maximum absolute atomic E-state index is 13.8. The first kappa shape index (κ1) is 55.7. The van der Waals surface area contributed by atoms with Crippen molar-refractivity contribution in [3.05, 3.63) is 113 Å². The minimum Gasteiger partial charge on any atom is -0.465 e. The van der Waals surface area contributed by atoms with Gasteiger partial charge in [-0.3, -0.25) is 14.6 Å². The molecule has 4 aromatic rings. The van der Waals surface area contributed by atoms with E-state index in [1.54, 1.807) is 46.9 Å². The summed E-state index contributed by atoms with van der Waals surface area (Å²) in [5.74, 6) is 1.63. The number of amides is 2. The van der Waals surface area contributed by atoms with E-state index in [1.807, 2.05) is 41.3 Å². The summed E-state index contributed by atoms with van der Waals surface area (Å²) in [4.78, 5) is 68.6. The van der Waals surface area contributed by atoms with Crippen molar-refractivity contribution in [3.63, 3.8) is 0 Å². The van der Waals surface area contributed by atoms with Crippen molar-refractivity contribution in [3.8, 4) is 0 Å². The molecule has 0 unspecified atom stereocenters. The van der Waals surface area contributed by atoms with Gasteiger partial charge in [0.15, 0.2) is 0 Å². The zero-order valence-electron chi connectivity index (χ0n) is 44.5. The number of nitrogens with zero attached hydrogens (tertiary/aromatic N) is 4. The minimum atomic E-state index is -1.04. The number of rotatable bonds is 12. The van der Waals surface area contributed by atoms with Gasteiger partial charge in [0.05, 0.1) is 38.9 Å². The number of benzene rings is 2. The molecule has 6 aliphatic rings. The van der Waals surface area contributed by atoms with Gasteiger partial charge < -0.3 is 29.3 Å². The maximum atomic E-state index is 13.8. The van der Waals surface area contributed by atoms with Crippen molar-refractivity contribution in [2.24, 2.45) is 32.7 Å². The number of halogens is 1.